The molecule has 2 aromatic carbocycles. The second kappa shape index (κ2) is 9.96. The molecule has 2 unspecified atom stereocenters. The zero-order valence-electron chi connectivity index (χ0n) is 18.4. The molecule has 0 fully saturated rings. The summed E-state index contributed by atoms with van der Waals surface area (Å²) in [6, 6.07) is 13.4. The van der Waals surface area contributed by atoms with E-state index in [0.717, 1.165) is 33.4 Å². The Balaban J connectivity index is 1.63. The molecule has 0 aliphatic rings. The summed E-state index contributed by atoms with van der Waals surface area (Å²) in [4.78, 5) is 20.1. The van der Waals surface area contributed by atoms with Crippen LogP contribution in [0.5, 0.6) is 5.75 Å². The van der Waals surface area contributed by atoms with Crippen LogP contribution >= 0.6 is 0 Å². The molecule has 4 rings (SSSR count). The second-order valence-electron chi connectivity index (χ2n) is 7.75. The standard InChI is InChI=1S/C26H24N4O3/c1-3-5-19(12-26(31)32)18-8-10-21(11-9-18)33-25(13-20-15-27-17(2)14-28-20)22-6-4-7-24-23(22)16-29-30-24/h4,6-11,14-16,19,25H,12-13H2,1-2H3,(H,29,30)(H,31,32). The fourth-order valence-corrected chi connectivity index (χ4v) is 3.75. The van der Waals surface area contributed by atoms with Gasteiger partial charge in [-0.1, -0.05) is 30.2 Å². The molecule has 0 spiro atoms. The van der Waals surface area contributed by atoms with Gasteiger partial charge < -0.3 is 9.84 Å². The number of hydrogen-bond donors (Lipinski definition) is 2. The van der Waals surface area contributed by atoms with Gasteiger partial charge in [0.25, 0.3) is 0 Å². The smallest absolute Gasteiger partial charge is 0.304 e. The van der Waals surface area contributed by atoms with Gasteiger partial charge in [0.2, 0.25) is 0 Å². The minimum atomic E-state index is -0.879. The van der Waals surface area contributed by atoms with Crippen LogP contribution in [0.2, 0.25) is 0 Å². The lowest BCUT2D eigenvalue weighted by molar-refractivity contribution is -0.137. The van der Waals surface area contributed by atoms with Crippen LogP contribution in [0.1, 0.15) is 47.9 Å². The summed E-state index contributed by atoms with van der Waals surface area (Å²) in [5, 5.41) is 17.3. The van der Waals surface area contributed by atoms with Crippen LogP contribution in [0.4, 0.5) is 0 Å². The van der Waals surface area contributed by atoms with Crippen molar-refractivity contribution in [1.29, 1.82) is 0 Å². The van der Waals surface area contributed by atoms with Gasteiger partial charge in [0.15, 0.2) is 0 Å². The second-order valence-corrected chi connectivity index (χ2v) is 7.75. The number of carbonyl (C=O) groups is 1. The summed E-state index contributed by atoms with van der Waals surface area (Å²) < 4.78 is 6.43. The minimum absolute atomic E-state index is 0.0434. The molecule has 0 bridgehead atoms. The Labute approximate surface area is 191 Å². The number of ether oxygens (including phenoxy) is 1. The molecule has 0 aliphatic heterocycles. The van der Waals surface area contributed by atoms with Crippen LogP contribution in [0.3, 0.4) is 0 Å². The summed E-state index contributed by atoms with van der Waals surface area (Å²) in [5.41, 5.74) is 4.45. The first-order valence-electron chi connectivity index (χ1n) is 10.6. The monoisotopic (exact) mass is 440 g/mol. The Morgan fingerprint density at radius 3 is 2.64 bits per heavy atom. The molecule has 2 N–H and O–H groups in total. The average molecular weight is 441 g/mol. The number of nitrogens with one attached hydrogen (secondary N) is 1. The van der Waals surface area contributed by atoms with Crippen molar-refractivity contribution in [1.82, 2.24) is 20.2 Å². The number of aliphatic carboxylic acids is 1. The fraction of sp³-hybridized carbons (Fsp3) is 0.231. The molecular formula is C26H24N4O3. The van der Waals surface area contributed by atoms with E-state index < -0.39 is 5.97 Å². The molecule has 4 aromatic rings. The number of carboxylic acid groups (broad SMARTS) is 1. The zero-order valence-corrected chi connectivity index (χ0v) is 18.4. The number of aromatic amines is 1. The molecule has 2 aromatic heterocycles. The van der Waals surface area contributed by atoms with Crippen LogP contribution in [0, 0.1) is 18.8 Å². The van der Waals surface area contributed by atoms with Crippen molar-refractivity contribution in [2.75, 3.05) is 0 Å². The van der Waals surface area contributed by atoms with Crippen molar-refractivity contribution >= 4 is 16.9 Å². The SMILES string of the molecule is CC#CC(CC(=O)O)c1ccc(OC(Cc2cnc(C)cn2)c2cccc3[nH]ncc23)cc1. The van der Waals surface area contributed by atoms with Crippen molar-refractivity contribution < 1.29 is 14.6 Å². The number of fused-ring (bicyclic) bond motifs is 1. The van der Waals surface area contributed by atoms with E-state index >= 15 is 0 Å². The van der Waals surface area contributed by atoms with Gasteiger partial charge >= 0.3 is 5.97 Å². The third-order valence-electron chi connectivity index (χ3n) is 5.35. The highest BCUT2D eigenvalue weighted by molar-refractivity contribution is 5.82. The number of aromatic nitrogens is 4. The fourth-order valence-electron chi connectivity index (χ4n) is 3.75. The molecule has 0 amide bonds. The molecule has 2 atom stereocenters. The number of H-pyrrole nitrogens is 1. The van der Waals surface area contributed by atoms with Crippen molar-refractivity contribution in [3.63, 3.8) is 0 Å². The first kappa shape index (κ1) is 22.0. The van der Waals surface area contributed by atoms with E-state index in [2.05, 4.69) is 32.0 Å². The third kappa shape index (κ3) is 5.36. The highest BCUT2D eigenvalue weighted by atomic mass is 16.5. The largest absolute Gasteiger partial charge is 0.485 e. The molecule has 0 radical (unpaired) electrons. The highest BCUT2D eigenvalue weighted by Crippen LogP contribution is 2.31. The lowest BCUT2D eigenvalue weighted by atomic mass is 9.96. The number of carboxylic acids is 1. The van der Waals surface area contributed by atoms with Gasteiger partial charge in [-0.2, -0.15) is 5.10 Å². The van der Waals surface area contributed by atoms with E-state index in [9.17, 15) is 9.90 Å². The van der Waals surface area contributed by atoms with Gasteiger partial charge in [0.1, 0.15) is 11.9 Å². The lowest BCUT2D eigenvalue weighted by Gasteiger charge is -2.21. The maximum Gasteiger partial charge on any atom is 0.304 e. The molecule has 33 heavy (non-hydrogen) atoms. The van der Waals surface area contributed by atoms with Crippen LogP contribution in [-0.2, 0) is 11.2 Å². The topological polar surface area (TPSA) is 101 Å². The molecule has 7 nitrogen and oxygen atoms in total. The van der Waals surface area contributed by atoms with Crippen LogP contribution in [0.15, 0.2) is 61.1 Å². The molecule has 0 aliphatic carbocycles. The molecule has 7 heteroatoms. The minimum Gasteiger partial charge on any atom is -0.485 e. The van der Waals surface area contributed by atoms with Gasteiger partial charge in [-0.15, -0.1) is 5.92 Å². The third-order valence-corrected chi connectivity index (χ3v) is 5.35. The Bertz CT molecular complexity index is 1300. The van der Waals surface area contributed by atoms with E-state index in [4.69, 9.17) is 4.74 Å². The number of nitrogens with zero attached hydrogens (tertiary/aromatic N) is 3. The molecule has 0 saturated heterocycles. The quantitative estimate of drug-likeness (QED) is 0.388. The van der Waals surface area contributed by atoms with Gasteiger partial charge in [-0.25, -0.2) is 0 Å². The highest BCUT2D eigenvalue weighted by Gasteiger charge is 2.20. The van der Waals surface area contributed by atoms with Gasteiger partial charge in [-0.05, 0) is 37.6 Å². The van der Waals surface area contributed by atoms with Crippen LogP contribution in [0.25, 0.3) is 10.9 Å². The van der Waals surface area contributed by atoms with Gasteiger partial charge in [-0.3, -0.25) is 19.9 Å². The van der Waals surface area contributed by atoms with E-state index in [-0.39, 0.29) is 18.4 Å². The Morgan fingerprint density at radius 2 is 1.94 bits per heavy atom. The first-order valence-corrected chi connectivity index (χ1v) is 10.6. The lowest BCUT2D eigenvalue weighted by Crippen LogP contribution is -2.13. The average Bonchev–Trinajstić information content (AvgIpc) is 3.29. The van der Waals surface area contributed by atoms with Crippen LogP contribution < -0.4 is 4.74 Å². The number of hydrogen-bond acceptors (Lipinski definition) is 5. The molecular weight excluding hydrogens is 416 g/mol. The van der Waals surface area contributed by atoms with Gasteiger partial charge in [0, 0.05) is 29.8 Å². The molecule has 0 saturated carbocycles. The molecule has 166 valence electrons. The Morgan fingerprint density at radius 1 is 1.12 bits per heavy atom. The van der Waals surface area contributed by atoms with Crippen molar-refractivity contribution in [2.24, 2.45) is 0 Å². The van der Waals surface area contributed by atoms with E-state index in [1.807, 2.05) is 49.4 Å². The van der Waals surface area contributed by atoms with E-state index in [1.54, 1.807) is 25.5 Å². The Kier molecular flexibility index (Phi) is 6.65. The van der Waals surface area contributed by atoms with Crippen LogP contribution in [-0.4, -0.2) is 31.2 Å². The maximum atomic E-state index is 11.2. The van der Waals surface area contributed by atoms with Crippen molar-refractivity contribution in [3.8, 4) is 17.6 Å². The van der Waals surface area contributed by atoms with Crippen molar-refractivity contribution in [3.05, 3.63) is 83.6 Å². The summed E-state index contributed by atoms with van der Waals surface area (Å²) in [6.45, 7) is 3.61. The predicted octanol–water partition coefficient (Wildman–Crippen LogP) is 4.61. The summed E-state index contributed by atoms with van der Waals surface area (Å²) in [6.07, 6.45) is 5.48. The summed E-state index contributed by atoms with van der Waals surface area (Å²) in [7, 11) is 0. The summed E-state index contributed by atoms with van der Waals surface area (Å²) >= 11 is 0. The normalized spacial score (nSPS) is 12.5. The van der Waals surface area contributed by atoms with E-state index in [1.165, 1.54) is 0 Å². The number of rotatable bonds is 8. The number of aryl methyl sites for hydroxylation is 1. The maximum absolute atomic E-state index is 11.2. The predicted molar refractivity (Wildman–Crippen MR) is 125 cm³/mol. The van der Waals surface area contributed by atoms with E-state index in [0.29, 0.717) is 12.2 Å². The molecule has 2 heterocycles. The van der Waals surface area contributed by atoms with Crippen molar-refractivity contribution in [2.45, 2.75) is 38.7 Å². The zero-order chi connectivity index (χ0) is 23.2. The summed E-state index contributed by atoms with van der Waals surface area (Å²) in [5.74, 6) is 5.22. The number of benzene rings is 2. The first-order chi connectivity index (χ1) is 16.0. The van der Waals surface area contributed by atoms with Gasteiger partial charge in [0.05, 0.1) is 35.4 Å². The Hall–Kier alpha value is -4.18.